The summed E-state index contributed by atoms with van der Waals surface area (Å²) in [5.41, 5.74) is 6.80. The number of nitro groups is 1. The fraction of sp³-hybridized carbons (Fsp3) is 0.357. The van der Waals surface area contributed by atoms with Gasteiger partial charge in [-0.1, -0.05) is 24.1 Å². The second-order valence-electron chi connectivity index (χ2n) is 4.77. The Morgan fingerprint density at radius 3 is 2.86 bits per heavy atom. The largest absolute Gasteiger partial charge is 0.342 e. The lowest BCUT2D eigenvalue weighted by Gasteiger charge is -2.00. The quantitative estimate of drug-likeness (QED) is 0.466. The number of nitrogens with one attached hydrogen (secondary N) is 1. The van der Waals surface area contributed by atoms with Gasteiger partial charge in [-0.15, -0.1) is 0 Å². The molecule has 6 nitrogen and oxygen atoms in total. The van der Waals surface area contributed by atoms with Crippen molar-refractivity contribution in [3.63, 3.8) is 0 Å². The summed E-state index contributed by atoms with van der Waals surface area (Å²) in [6, 6.07) is 4.71. The summed E-state index contributed by atoms with van der Waals surface area (Å²) >= 11 is 5.80. The third kappa shape index (κ3) is 4.03. The Bertz CT molecular complexity index is 627. The van der Waals surface area contributed by atoms with Crippen molar-refractivity contribution in [2.45, 2.75) is 25.7 Å². The fourth-order valence-corrected chi connectivity index (χ4v) is 2.26. The molecule has 3 N–H and O–H groups in total. The number of H-pyrrole nitrogens is 1. The van der Waals surface area contributed by atoms with Crippen LogP contribution in [0.15, 0.2) is 24.4 Å². The van der Waals surface area contributed by atoms with Crippen molar-refractivity contribution < 1.29 is 4.92 Å². The smallest absolute Gasteiger partial charge is 0.288 e. The van der Waals surface area contributed by atoms with Gasteiger partial charge in [0.1, 0.15) is 10.8 Å². The van der Waals surface area contributed by atoms with Crippen molar-refractivity contribution in [3.05, 3.63) is 45.4 Å². The minimum Gasteiger partial charge on any atom is -0.342 e. The molecule has 0 saturated heterocycles. The molecule has 1 aromatic heterocycles. The van der Waals surface area contributed by atoms with E-state index in [0.29, 0.717) is 12.1 Å². The van der Waals surface area contributed by atoms with E-state index in [1.165, 1.54) is 12.1 Å². The third-order valence-corrected chi connectivity index (χ3v) is 3.52. The van der Waals surface area contributed by atoms with E-state index < -0.39 is 4.92 Å². The zero-order valence-electron chi connectivity index (χ0n) is 11.5. The van der Waals surface area contributed by atoms with Gasteiger partial charge in [-0.25, -0.2) is 4.98 Å². The lowest BCUT2D eigenvalue weighted by molar-refractivity contribution is -0.384. The first-order chi connectivity index (χ1) is 10.1. The molecule has 2 rings (SSSR count). The van der Waals surface area contributed by atoms with E-state index in [9.17, 15) is 10.1 Å². The van der Waals surface area contributed by atoms with Gasteiger partial charge in [0.05, 0.1) is 16.8 Å². The van der Waals surface area contributed by atoms with Crippen molar-refractivity contribution in [1.82, 2.24) is 9.97 Å². The second kappa shape index (κ2) is 7.19. The minimum absolute atomic E-state index is 0.103. The van der Waals surface area contributed by atoms with Crippen LogP contribution in [0.1, 0.15) is 25.1 Å². The van der Waals surface area contributed by atoms with Crippen LogP contribution in [0, 0.1) is 10.1 Å². The van der Waals surface area contributed by atoms with Crippen LogP contribution in [-0.2, 0) is 6.42 Å². The Hall–Kier alpha value is -1.92. The van der Waals surface area contributed by atoms with Gasteiger partial charge in [0.2, 0.25) is 0 Å². The maximum atomic E-state index is 10.9. The molecule has 0 spiro atoms. The summed E-state index contributed by atoms with van der Waals surface area (Å²) in [5.74, 6) is 0.875. The van der Waals surface area contributed by atoms with Gasteiger partial charge in [-0.05, 0) is 25.5 Å². The van der Waals surface area contributed by atoms with Crippen molar-refractivity contribution in [2.75, 3.05) is 6.54 Å². The van der Waals surface area contributed by atoms with Crippen LogP contribution >= 0.6 is 11.6 Å². The number of aryl methyl sites for hydroxylation is 1. The molecule has 0 radical (unpaired) electrons. The van der Waals surface area contributed by atoms with E-state index >= 15 is 0 Å². The molecular formula is C14H17ClN4O2. The number of benzene rings is 1. The van der Waals surface area contributed by atoms with Crippen molar-refractivity contribution >= 4 is 17.3 Å². The van der Waals surface area contributed by atoms with Crippen LogP contribution in [0.3, 0.4) is 0 Å². The molecule has 1 heterocycles. The Morgan fingerprint density at radius 1 is 1.33 bits per heavy atom. The number of aromatic nitrogens is 2. The van der Waals surface area contributed by atoms with E-state index in [1.54, 1.807) is 12.3 Å². The average molecular weight is 309 g/mol. The molecule has 0 saturated carbocycles. The highest BCUT2D eigenvalue weighted by Crippen LogP contribution is 2.29. The third-order valence-electron chi connectivity index (χ3n) is 3.20. The Balaban J connectivity index is 2.10. The molecule has 2 aromatic rings. The number of nitrogens with two attached hydrogens (primary N) is 1. The Morgan fingerprint density at radius 2 is 2.14 bits per heavy atom. The summed E-state index contributed by atoms with van der Waals surface area (Å²) in [6.45, 7) is 0.706. The van der Waals surface area contributed by atoms with Crippen molar-refractivity contribution in [1.29, 1.82) is 0 Å². The number of unbranched alkanes of at least 4 members (excludes halogenated alkanes) is 2. The number of nitrogens with zero attached hydrogens (tertiary/aromatic N) is 2. The lowest BCUT2D eigenvalue weighted by atomic mass is 10.1. The molecule has 0 amide bonds. The Kier molecular flexibility index (Phi) is 5.30. The number of hydrogen-bond acceptors (Lipinski definition) is 4. The van der Waals surface area contributed by atoms with Gasteiger partial charge in [-0.2, -0.15) is 0 Å². The fourth-order valence-electron chi connectivity index (χ4n) is 2.07. The van der Waals surface area contributed by atoms with Crippen LogP contribution in [0.25, 0.3) is 11.3 Å². The van der Waals surface area contributed by atoms with Gasteiger partial charge in [0.15, 0.2) is 0 Å². The number of nitro benzene ring substituents is 1. The molecule has 0 atom stereocenters. The highest BCUT2D eigenvalue weighted by Gasteiger charge is 2.14. The molecule has 21 heavy (non-hydrogen) atoms. The molecule has 0 bridgehead atoms. The van der Waals surface area contributed by atoms with Crippen molar-refractivity contribution in [3.8, 4) is 11.3 Å². The molecule has 1 aromatic carbocycles. The predicted octanol–water partition coefficient (Wildman–Crippen LogP) is 3.31. The highest BCUT2D eigenvalue weighted by atomic mass is 35.5. The van der Waals surface area contributed by atoms with Gasteiger partial charge < -0.3 is 10.7 Å². The molecule has 0 fully saturated rings. The molecular weight excluding hydrogens is 292 g/mol. The second-order valence-corrected chi connectivity index (χ2v) is 5.17. The van der Waals surface area contributed by atoms with Gasteiger partial charge in [-0.3, -0.25) is 10.1 Å². The summed E-state index contributed by atoms with van der Waals surface area (Å²) < 4.78 is 0. The van der Waals surface area contributed by atoms with Crippen LogP contribution in [0.2, 0.25) is 5.02 Å². The van der Waals surface area contributed by atoms with Gasteiger partial charge >= 0.3 is 0 Å². The molecule has 112 valence electrons. The standard InChI is InChI=1S/C14H17ClN4O2/c15-11-6-5-10(8-13(11)19(20)21)12-9-17-14(18-12)4-2-1-3-7-16/h5-6,8-9H,1-4,7,16H2,(H,17,18). The summed E-state index contributed by atoms with van der Waals surface area (Å²) in [5, 5.41) is 11.0. The molecule has 7 heteroatoms. The van der Waals surface area contributed by atoms with E-state index in [1.807, 2.05) is 0 Å². The number of imidazole rings is 1. The normalized spacial score (nSPS) is 10.8. The van der Waals surface area contributed by atoms with Crippen molar-refractivity contribution in [2.24, 2.45) is 5.73 Å². The average Bonchev–Trinajstić information content (AvgIpc) is 2.92. The zero-order chi connectivity index (χ0) is 15.2. The van der Waals surface area contributed by atoms with E-state index in [-0.39, 0.29) is 10.7 Å². The van der Waals surface area contributed by atoms with Crippen LogP contribution in [0.5, 0.6) is 0 Å². The van der Waals surface area contributed by atoms with Crippen LogP contribution in [0.4, 0.5) is 5.69 Å². The first-order valence-corrected chi connectivity index (χ1v) is 7.18. The van der Waals surface area contributed by atoms with Crippen LogP contribution in [-0.4, -0.2) is 21.4 Å². The van der Waals surface area contributed by atoms with Gasteiger partial charge in [0.25, 0.3) is 5.69 Å². The number of rotatable bonds is 7. The number of hydrogen-bond donors (Lipinski definition) is 2. The maximum Gasteiger partial charge on any atom is 0.288 e. The number of halogens is 1. The summed E-state index contributed by atoms with van der Waals surface area (Å²) in [4.78, 5) is 17.9. The van der Waals surface area contributed by atoms with E-state index in [4.69, 9.17) is 17.3 Å². The minimum atomic E-state index is -0.490. The van der Waals surface area contributed by atoms with E-state index in [2.05, 4.69) is 9.97 Å². The van der Waals surface area contributed by atoms with Crippen LogP contribution < -0.4 is 5.73 Å². The molecule has 0 aliphatic heterocycles. The summed E-state index contributed by atoms with van der Waals surface area (Å²) in [6.07, 6.45) is 5.63. The topological polar surface area (TPSA) is 97.8 Å². The Labute approximate surface area is 127 Å². The molecule has 0 aliphatic carbocycles. The first-order valence-electron chi connectivity index (χ1n) is 6.80. The SMILES string of the molecule is NCCCCCc1ncc(-c2ccc(Cl)c([N+](=O)[O-])c2)[nH]1. The summed E-state index contributed by atoms with van der Waals surface area (Å²) in [7, 11) is 0. The lowest BCUT2D eigenvalue weighted by Crippen LogP contribution is -1.98. The number of aromatic amines is 1. The predicted molar refractivity (Wildman–Crippen MR) is 82.3 cm³/mol. The monoisotopic (exact) mass is 308 g/mol. The zero-order valence-corrected chi connectivity index (χ0v) is 12.3. The van der Waals surface area contributed by atoms with Gasteiger partial charge in [0, 0.05) is 18.1 Å². The first kappa shape index (κ1) is 15.5. The van der Waals surface area contributed by atoms with E-state index in [0.717, 1.165) is 37.2 Å². The molecule has 0 unspecified atom stereocenters. The molecule has 0 aliphatic rings. The maximum absolute atomic E-state index is 10.9. The highest BCUT2D eigenvalue weighted by molar-refractivity contribution is 6.32.